The van der Waals surface area contributed by atoms with Gasteiger partial charge < -0.3 is 5.32 Å². The summed E-state index contributed by atoms with van der Waals surface area (Å²) in [6, 6.07) is 8.18. The molecule has 0 aliphatic carbocycles. The van der Waals surface area contributed by atoms with E-state index in [1.165, 1.54) is 24.8 Å². The van der Waals surface area contributed by atoms with Gasteiger partial charge in [-0.1, -0.05) is 30.2 Å². The highest BCUT2D eigenvalue weighted by Crippen LogP contribution is 2.30. The Kier molecular flexibility index (Phi) is 2.80. The summed E-state index contributed by atoms with van der Waals surface area (Å²) in [5.74, 6) is 0. The molecule has 0 aromatic heterocycles. The molecule has 76 valence electrons. The number of halogens is 1. The number of hydrogen-bond acceptors (Lipinski definition) is 1. The quantitative estimate of drug-likeness (QED) is 0.748. The Hall–Kier alpha value is -0.530. The standard InChI is InChI=1S/C12H16ClN/c1-12(7-2-3-8-14-12)10-5-4-6-11(13)9-10/h4-6,9,14H,2-3,7-8H2,1H3. The van der Waals surface area contributed by atoms with Crippen molar-refractivity contribution in [1.82, 2.24) is 5.32 Å². The predicted octanol–water partition coefficient (Wildman–Crippen LogP) is 3.33. The number of hydrogen-bond donors (Lipinski definition) is 1. The van der Waals surface area contributed by atoms with Gasteiger partial charge in [-0.05, 0) is 44.0 Å². The van der Waals surface area contributed by atoms with E-state index in [9.17, 15) is 0 Å². The molecule has 2 rings (SSSR count). The van der Waals surface area contributed by atoms with Crippen molar-refractivity contribution >= 4 is 11.6 Å². The van der Waals surface area contributed by atoms with E-state index in [1.807, 2.05) is 12.1 Å². The third kappa shape index (κ3) is 1.94. The molecule has 1 unspecified atom stereocenters. The second-order valence-corrected chi connectivity index (χ2v) is 4.66. The molecule has 0 saturated carbocycles. The maximum Gasteiger partial charge on any atom is 0.0409 e. The van der Waals surface area contributed by atoms with E-state index in [4.69, 9.17) is 11.6 Å². The predicted molar refractivity (Wildman–Crippen MR) is 60.7 cm³/mol. The lowest BCUT2D eigenvalue weighted by molar-refractivity contribution is 0.283. The Balaban J connectivity index is 2.28. The van der Waals surface area contributed by atoms with Gasteiger partial charge in [0.2, 0.25) is 0 Å². The topological polar surface area (TPSA) is 12.0 Å². The van der Waals surface area contributed by atoms with Crippen molar-refractivity contribution in [3.63, 3.8) is 0 Å². The summed E-state index contributed by atoms with van der Waals surface area (Å²) in [5.41, 5.74) is 1.44. The zero-order valence-electron chi connectivity index (χ0n) is 8.52. The van der Waals surface area contributed by atoms with Gasteiger partial charge in [0.25, 0.3) is 0 Å². The van der Waals surface area contributed by atoms with E-state index in [1.54, 1.807) is 0 Å². The third-order valence-electron chi connectivity index (χ3n) is 3.08. The van der Waals surface area contributed by atoms with Crippen molar-refractivity contribution in [1.29, 1.82) is 0 Å². The van der Waals surface area contributed by atoms with Gasteiger partial charge in [-0.3, -0.25) is 0 Å². The molecule has 0 spiro atoms. The Morgan fingerprint density at radius 1 is 1.36 bits per heavy atom. The van der Waals surface area contributed by atoms with Crippen LogP contribution < -0.4 is 5.32 Å². The van der Waals surface area contributed by atoms with E-state index in [0.29, 0.717) is 0 Å². The lowest BCUT2D eigenvalue weighted by Gasteiger charge is -2.35. The van der Waals surface area contributed by atoms with Crippen LogP contribution in [0.3, 0.4) is 0 Å². The molecule has 0 radical (unpaired) electrons. The van der Waals surface area contributed by atoms with Crippen LogP contribution in [-0.2, 0) is 5.54 Å². The summed E-state index contributed by atoms with van der Waals surface area (Å²) >= 11 is 6.00. The minimum Gasteiger partial charge on any atom is -0.308 e. The molecule has 0 bridgehead atoms. The molecular weight excluding hydrogens is 194 g/mol. The molecule has 1 fully saturated rings. The van der Waals surface area contributed by atoms with Crippen molar-refractivity contribution in [3.05, 3.63) is 34.9 Å². The first kappa shape index (κ1) is 10.0. The van der Waals surface area contributed by atoms with Crippen LogP contribution >= 0.6 is 11.6 Å². The first-order chi connectivity index (χ1) is 6.71. The van der Waals surface area contributed by atoms with E-state index in [0.717, 1.165) is 11.6 Å². The van der Waals surface area contributed by atoms with Crippen LogP contribution in [0.15, 0.2) is 24.3 Å². The largest absolute Gasteiger partial charge is 0.308 e. The second-order valence-electron chi connectivity index (χ2n) is 4.23. The van der Waals surface area contributed by atoms with Crippen LogP contribution in [0.5, 0.6) is 0 Å². The van der Waals surface area contributed by atoms with E-state index in [2.05, 4.69) is 24.4 Å². The molecule has 1 saturated heterocycles. The fourth-order valence-corrected chi connectivity index (χ4v) is 2.32. The van der Waals surface area contributed by atoms with E-state index >= 15 is 0 Å². The summed E-state index contributed by atoms with van der Waals surface area (Å²) in [4.78, 5) is 0. The molecule has 1 N–H and O–H groups in total. The van der Waals surface area contributed by atoms with Crippen LogP contribution in [0.4, 0.5) is 0 Å². The molecule has 1 aliphatic heterocycles. The highest BCUT2D eigenvalue weighted by atomic mass is 35.5. The van der Waals surface area contributed by atoms with Gasteiger partial charge in [0.1, 0.15) is 0 Å². The average molecular weight is 210 g/mol. The van der Waals surface area contributed by atoms with Crippen molar-refractivity contribution < 1.29 is 0 Å². The molecule has 0 amide bonds. The summed E-state index contributed by atoms with van der Waals surface area (Å²) in [7, 11) is 0. The van der Waals surface area contributed by atoms with Gasteiger partial charge in [0.15, 0.2) is 0 Å². The van der Waals surface area contributed by atoms with Crippen molar-refractivity contribution in [2.24, 2.45) is 0 Å². The highest BCUT2D eigenvalue weighted by Gasteiger charge is 2.27. The molecule has 1 nitrogen and oxygen atoms in total. The van der Waals surface area contributed by atoms with Crippen molar-refractivity contribution in [3.8, 4) is 0 Å². The smallest absolute Gasteiger partial charge is 0.0409 e. The summed E-state index contributed by atoms with van der Waals surface area (Å²) in [5, 5.41) is 4.41. The Morgan fingerprint density at radius 3 is 2.86 bits per heavy atom. The Morgan fingerprint density at radius 2 is 2.21 bits per heavy atom. The van der Waals surface area contributed by atoms with Gasteiger partial charge in [0.05, 0.1) is 0 Å². The fraction of sp³-hybridized carbons (Fsp3) is 0.500. The SMILES string of the molecule is CC1(c2cccc(Cl)c2)CCCCN1. The van der Waals surface area contributed by atoms with E-state index in [-0.39, 0.29) is 5.54 Å². The number of benzene rings is 1. The summed E-state index contributed by atoms with van der Waals surface area (Å²) in [6.07, 6.45) is 3.79. The zero-order valence-corrected chi connectivity index (χ0v) is 9.27. The van der Waals surface area contributed by atoms with E-state index < -0.39 is 0 Å². The minimum atomic E-state index is 0.128. The van der Waals surface area contributed by atoms with Crippen LogP contribution in [0.2, 0.25) is 5.02 Å². The maximum atomic E-state index is 6.00. The van der Waals surface area contributed by atoms with Gasteiger partial charge in [-0.25, -0.2) is 0 Å². The van der Waals surface area contributed by atoms with Crippen LogP contribution in [0.1, 0.15) is 31.7 Å². The van der Waals surface area contributed by atoms with Crippen molar-refractivity contribution in [2.75, 3.05) is 6.54 Å². The Bertz CT molecular complexity index is 316. The van der Waals surface area contributed by atoms with Crippen molar-refractivity contribution in [2.45, 2.75) is 31.7 Å². The zero-order chi connectivity index (χ0) is 10.0. The molecule has 2 heteroatoms. The molecule has 1 atom stereocenters. The molecule has 1 heterocycles. The lowest BCUT2D eigenvalue weighted by atomic mass is 9.84. The number of nitrogens with one attached hydrogen (secondary N) is 1. The van der Waals surface area contributed by atoms with Crippen LogP contribution in [0.25, 0.3) is 0 Å². The van der Waals surface area contributed by atoms with Crippen LogP contribution in [-0.4, -0.2) is 6.54 Å². The molecular formula is C12H16ClN. The average Bonchev–Trinajstić information content (AvgIpc) is 2.19. The van der Waals surface area contributed by atoms with Gasteiger partial charge in [0, 0.05) is 10.6 Å². The molecule has 1 aliphatic rings. The first-order valence-electron chi connectivity index (χ1n) is 5.22. The normalized spacial score (nSPS) is 27.6. The van der Waals surface area contributed by atoms with Gasteiger partial charge in [-0.15, -0.1) is 0 Å². The summed E-state index contributed by atoms with van der Waals surface area (Å²) < 4.78 is 0. The molecule has 14 heavy (non-hydrogen) atoms. The van der Waals surface area contributed by atoms with Crippen LogP contribution in [0, 0.1) is 0 Å². The third-order valence-corrected chi connectivity index (χ3v) is 3.32. The fourth-order valence-electron chi connectivity index (χ4n) is 2.13. The summed E-state index contributed by atoms with van der Waals surface area (Å²) in [6.45, 7) is 3.38. The van der Waals surface area contributed by atoms with Gasteiger partial charge in [-0.2, -0.15) is 0 Å². The monoisotopic (exact) mass is 209 g/mol. The number of piperidine rings is 1. The lowest BCUT2D eigenvalue weighted by Crippen LogP contribution is -2.43. The molecule has 1 aromatic rings. The first-order valence-corrected chi connectivity index (χ1v) is 5.60. The highest BCUT2D eigenvalue weighted by molar-refractivity contribution is 6.30. The maximum absolute atomic E-state index is 6.00. The molecule has 1 aromatic carbocycles. The Labute approximate surface area is 90.5 Å². The minimum absolute atomic E-state index is 0.128. The van der Waals surface area contributed by atoms with Gasteiger partial charge >= 0.3 is 0 Å². The second kappa shape index (κ2) is 3.92. The number of rotatable bonds is 1.